The molecule has 1 heterocycles. The molecule has 7 nitrogen and oxygen atoms in total. The van der Waals surface area contributed by atoms with Crippen molar-refractivity contribution in [3.8, 4) is 6.07 Å². The molecule has 19 heavy (non-hydrogen) atoms. The average molecular weight is 348 g/mol. The van der Waals surface area contributed by atoms with E-state index in [0.717, 1.165) is 4.31 Å². The number of nitrogens with one attached hydrogen (secondary N) is 1. The summed E-state index contributed by atoms with van der Waals surface area (Å²) in [7, 11) is -2.36. The Morgan fingerprint density at radius 1 is 1.68 bits per heavy atom. The van der Waals surface area contributed by atoms with Crippen molar-refractivity contribution in [1.82, 2.24) is 9.29 Å². The molecule has 3 N–H and O–H groups in total. The molecule has 0 bridgehead atoms. The van der Waals surface area contributed by atoms with Crippen LogP contribution in [-0.2, 0) is 10.0 Å². The Morgan fingerprint density at radius 2 is 2.32 bits per heavy atom. The third kappa shape index (κ3) is 3.63. The lowest BCUT2D eigenvalue weighted by Crippen LogP contribution is -2.31. The van der Waals surface area contributed by atoms with E-state index in [1.165, 1.54) is 19.3 Å². The van der Waals surface area contributed by atoms with Crippen molar-refractivity contribution >= 4 is 31.8 Å². The Balaban J connectivity index is 3.20. The Kier molecular flexibility index (Phi) is 5.25. The summed E-state index contributed by atoms with van der Waals surface area (Å²) >= 11 is 3.17. The summed E-state index contributed by atoms with van der Waals surface area (Å²) in [5, 5.41) is 8.74. The van der Waals surface area contributed by atoms with E-state index in [9.17, 15) is 8.42 Å². The lowest BCUT2D eigenvalue weighted by molar-refractivity contribution is 0.439. The molecule has 0 amide bonds. The number of aromatic nitrogens is 1. The molecule has 104 valence electrons. The highest BCUT2D eigenvalue weighted by atomic mass is 79.9. The van der Waals surface area contributed by atoms with Crippen LogP contribution < -0.4 is 11.3 Å². The van der Waals surface area contributed by atoms with Gasteiger partial charge in [-0.1, -0.05) is 0 Å². The van der Waals surface area contributed by atoms with E-state index < -0.39 is 15.9 Å². The Bertz CT molecular complexity index is 598. The molecule has 9 heteroatoms. The number of rotatable bonds is 5. The third-order valence-electron chi connectivity index (χ3n) is 2.40. The normalized spacial score (nSPS) is 13.1. The monoisotopic (exact) mass is 347 g/mol. The smallest absolute Gasteiger partial charge is 0.246 e. The second kappa shape index (κ2) is 6.29. The highest BCUT2D eigenvalue weighted by molar-refractivity contribution is 9.10. The molecule has 1 aromatic heterocycles. The van der Waals surface area contributed by atoms with Crippen LogP contribution >= 0.6 is 15.9 Å². The van der Waals surface area contributed by atoms with E-state index in [-0.39, 0.29) is 17.3 Å². The average Bonchev–Trinajstić information content (AvgIpc) is 2.38. The van der Waals surface area contributed by atoms with Crippen molar-refractivity contribution in [2.24, 2.45) is 11.8 Å². The van der Waals surface area contributed by atoms with Crippen LogP contribution in [0.4, 0.5) is 5.82 Å². The van der Waals surface area contributed by atoms with Crippen molar-refractivity contribution in [3.63, 3.8) is 0 Å². The van der Waals surface area contributed by atoms with Gasteiger partial charge in [0.15, 0.2) is 5.82 Å². The number of nitriles is 1. The molecule has 0 saturated heterocycles. The van der Waals surface area contributed by atoms with Gasteiger partial charge in [0.25, 0.3) is 0 Å². The Labute approximate surface area is 120 Å². The van der Waals surface area contributed by atoms with E-state index >= 15 is 0 Å². The van der Waals surface area contributed by atoms with Crippen LogP contribution in [0, 0.1) is 17.2 Å². The number of anilines is 1. The zero-order chi connectivity index (χ0) is 14.6. The van der Waals surface area contributed by atoms with E-state index in [0.29, 0.717) is 4.47 Å². The molecule has 0 aliphatic rings. The highest BCUT2D eigenvalue weighted by Gasteiger charge is 2.26. The largest absolute Gasteiger partial charge is 0.307 e. The molecular weight excluding hydrogens is 334 g/mol. The predicted molar refractivity (Wildman–Crippen MR) is 74.3 cm³/mol. The first-order valence-corrected chi connectivity index (χ1v) is 7.54. The van der Waals surface area contributed by atoms with Crippen molar-refractivity contribution in [3.05, 3.63) is 16.7 Å². The fourth-order valence-electron chi connectivity index (χ4n) is 1.42. The van der Waals surface area contributed by atoms with Gasteiger partial charge in [-0.3, -0.25) is 0 Å². The molecular formula is C10H14BrN5O2S. The topological polar surface area (TPSA) is 112 Å². The minimum absolute atomic E-state index is 0.0444. The summed E-state index contributed by atoms with van der Waals surface area (Å²) < 4.78 is 26.4. The molecule has 0 aromatic carbocycles. The number of hydrogen-bond acceptors (Lipinski definition) is 6. The van der Waals surface area contributed by atoms with E-state index in [4.69, 9.17) is 11.1 Å². The molecule has 1 aromatic rings. The third-order valence-corrected chi connectivity index (χ3v) is 4.67. The van der Waals surface area contributed by atoms with Crippen LogP contribution in [0.1, 0.15) is 6.92 Å². The van der Waals surface area contributed by atoms with Gasteiger partial charge >= 0.3 is 0 Å². The molecule has 1 rings (SSSR count). The Hall–Kier alpha value is -1.21. The SMILES string of the molecule is CC(C#N)CN(C)S(=O)(=O)c1cc(Br)cnc1NN. The van der Waals surface area contributed by atoms with Crippen LogP contribution in [-0.4, -0.2) is 31.3 Å². The van der Waals surface area contributed by atoms with Crippen molar-refractivity contribution in [1.29, 1.82) is 5.26 Å². The second-order valence-electron chi connectivity index (χ2n) is 3.96. The zero-order valence-electron chi connectivity index (χ0n) is 10.5. The number of halogens is 1. The summed E-state index contributed by atoms with van der Waals surface area (Å²) in [6.45, 7) is 1.74. The number of sulfonamides is 1. The van der Waals surface area contributed by atoms with Gasteiger partial charge in [-0.25, -0.2) is 19.2 Å². The fourth-order valence-corrected chi connectivity index (χ4v) is 3.29. The van der Waals surface area contributed by atoms with Crippen LogP contribution in [0.5, 0.6) is 0 Å². The minimum atomic E-state index is -3.76. The number of nitrogen functional groups attached to an aromatic ring is 1. The zero-order valence-corrected chi connectivity index (χ0v) is 12.9. The van der Waals surface area contributed by atoms with Gasteiger partial charge in [0.1, 0.15) is 4.90 Å². The maximum Gasteiger partial charge on any atom is 0.246 e. The van der Waals surface area contributed by atoms with E-state index in [1.807, 2.05) is 6.07 Å². The standard InChI is InChI=1S/C10H14BrN5O2S/c1-7(4-12)6-16(2)19(17,18)9-3-8(11)5-14-10(9)15-13/h3,5,7H,6,13H2,1-2H3,(H,14,15). The molecule has 1 unspecified atom stereocenters. The molecule has 0 fully saturated rings. The first-order chi connectivity index (χ1) is 8.82. The number of nitrogens with two attached hydrogens (primary N) is 1. The molecule has 0 aliphatic carbocycles. The van der Waals surface area contributed by atoms with Crippen molar-refractivity contribution in [2.45, 2.75) is 11.8 Å². The van der Waals surface area contributed by atoms with Crippen LogP contribution in [0.2, 0.25) is 0 Å². The summed E-state index contributed by atoms with van der Waals surface area (Å²) in [6, 6.07) is 3.40. The number of hydrazine groups is 1. The molecule has 0 aliphatic heterocycles. The predicted octanol–water partition coefficient (Wildman–Crippen LogP) is 0.910. The Morgan fingerprint density at radius 3 is 2.84 bits per heavy atom. The van der Waals surface area contributed by atoms with Crippen molar-refractivity contribution < 1.29 is 8.42 Å². The number of pyridine rings is 1. The fraction of sp³-hybridized carbons (Fsp3) is 0.400. The van der Waals surface area contributed by atoms with Crippen LogP contribution in [0.3, 0.4) is 0 Å². The highest BCUT2D eigenvalue weighted by Crippen LogP contribution is 2.25. The molecule has 0 saturated carbocycles. The molecule has 1 atom stereocenters. The van der Waals surface area contributed by atoms with E-state index in [2.05, 4.69) is 26.3 Å². The second-order valence-corrected chi connectivity index (χ2v) is 6.89. The minimum Gasteiger partial charge on any atom is -0.307 e. The van der Waals surface area contributed by atoms with Gasteiger partial charge in [-0.2, -0.15) is 9.57 Å². The van der Waals surface area contributed by atoms with Gasteiger partial charge in [0, 0.05) is 24.3 Å². The van der Waals surface area contributed by atoms with Gasteiger partial charge in [-0.15, -0.1) is 0 Å². The van der Waals surface area contributed by atoms with Gasteiger partial charge in [-0.05, 0) is 28.9 Å². The first-order valence-electron chi connectivity index (χ1n) is 5.31. The van der Waals surface area contributed by atoms with Crippen LogP contribution in [0.25, 0.3) is 0 Å². The summed E-state index contributed by atoms with van der Waals surface area (Å²) in [4.78, 5) is 3.85. The summed E-state index contributed by atoms with van der Waals surface area (Å²) in [6.07, 6.45) is 1.44. The van der Waals surface area contributed by atoms with Crippen molar-refractivity contribution in [2.75, 3.05) is 19.0 Å². The van der Waals surface area contributed by atoms with E-state index in [1.54, 1.807) is 6.92 Å². The quantitative estimate of drug-likeness (QED) is 0.604. The summed E-state index contributed by atoms with van der Waals surface area (Å²) in [5.74, 6) is 4.91. The number of hydrogen-bond donors (Lipinski definition) is 2. The maximum atomic E-state index is 12.4. The lowest BCUT2D eigenvalue weighted by Gasteiger charge is -2.19. The first kappa shape index (κ1) is 15.8. The van der Waals surface area contributed by atoms with Gasteiger partial charge in [0.2, 0.25) is 10.0 Å². The molecule has 0 radical (unpaired) electrons. The number of nitrogens with zero attached hydrogens (tertiary/aromatic N) is 3. The van der Waals surface area contributed by atoms with Gasteiger partial charge < -0.3 is 5.43 Å². The summed E-state index contributed by atoms with van der Waals surface area (Å²) in [5.41, 5.74) is 2.25. The lowest BCUT2D eigenvalue weighted by atomic mass is 10.2. The maximum absolute atomic E-state index is 12.4. The van der Waals surface area contributed by atoms with Crippen LogP contribution in [0.15, 0.2) is 21.6 Å². The van der Waals surface area contributed by atoms with Gasteiger partial charge in [0.05, 0.1) is 12.0 Å². The molecule has 0 spiro atoms.